The first-order valence-electron chi connectivity index (χ1n) is 9.02. The zero-order valence-electron chi connectivity index (χ0n) is 16.6. The zero-order chi connectivity index (χ0) is 21.9. The van der Waals surface area contributed by atoms with Crippen LogP contribution in [-0.2, 0) is 10.0 Å². The predicted octanol–water partition coefficient (Wildman–Crippen LogP) is 3.08. The molecule has 0 saturated carbocycles. The molecule has 0 aliphatic heterocycles. The second-order valence-corrected chi connectivity index (χ2v) is 8.41. The third-order valence-electron chi connectivity index (χ3n) is 4.58. The number of furan rings is 1. The van der Waals surface area contributed by atoms with E-state index in [2.05, 4.69) is 15.6 Å². The molecule has 3 rings (SSSR count). The van der Waals surface area contributed by atoms with Gasteiger partial charge in [-0.3, -0.25) is 25.2 Å². The summed E-state index contributed by atoms with van der Waals surface area (Å²) in [6.45, 7) is 5.38. The maximum Gasteiger partial charge on any atom is 0.273 e. The van der Waals surface area contributed by atoms with Crippen LogP contribution in [0.2, 0.25) is 0 Å². The van der Waals surface area contributed by atoms with Gasteiger partial charge >= 0.3 is 0 Å². The molecule has 156 valence electrons. The Bertz CT molecular complexity index is 1200. The van der Waals surface area contributed by atoms with Crippen LogP contribution in [0.4, 0.5) is 5.69 Å². The highest BCUT2D eigenvalue weighted by atomic mass is 32.2. The van der Waals surface area contributed by atoms with Crippen LogP contribution in [0.3, 0.4) is 0 Å². The van der Waals surface area contributed by atoms with Gasteiger partial charge in [0, 0.05) is 11.3 Å². The highest BCUT2D eigenvalue weighted by Crippen LogP contribution is 2.19. The molecule has 3 aromatic rings. The van der Waals surface area contributed by atoms with E-state index in [1.807, 2.05) is 13.8 Å². The molecule has 2 amide bonds. The van der Waals surface area contributed by atoms with Gasteiger partial charge < -0.3 is 4.42 Å². The summed E-state index contributed by atoms with van der Waals surface area (Å²) in [7, 11) is -3.75. The first-order valence-corrected chi connectivity index (χ1v) is 10.5. The summed E-state index contributed by atoms with van der Waals surface area (Å²) in [5.74, 6) is -0.623. The molecular weight excluding hydrogens is 406 g/mol. The number of aryl methyl sites for hydroxylation is 3. The second kappa shape index (κ2) is 8.42. The van der Waals surface area contributed by atoms with Gasteiger partial charge in [0.15, 0.2) is 0 Å². The van der Waals surface area contributed by atoms with E-state index in [0.29, 0.717) is 17.0 Å². The first kappa shape index (κ1) is 21.1. The van der Waals surface area contributed by atoms with E-state index in [9.17, 15) is 18.0 Å². The van der Waals surface area contributed by atoms with Crippen molar-refractivity contribution in [2.45, 2.75) is 25.7 Å². The summed E-state index contributed by atoms with van der Waals surface area (Å²) < 4.78 is 32.6. The van der Waals surface area contributed by atoms with Crippen LogP contribution in [0, 0.1) is 20.8 Å². The minimum atomic E-state index is -3.75. The molecule has 0 bridgehead atoms. The molecular formula is C21H21N3O5S. The Labute approximate surface area is 174 Å². The van der Waals surface area contributed by atoms with Gasteiger partial charge in [0.1, 0.15) is 5.76 Å². The molecule has 0 unspecified atom stereocenters. The lowest BCUT2D eigenvalue weighted by Crippen LogP contribution is -2.41. The number of carbonyl (C=O) groups is 2. The smallest absolute Gasteiger partial charge is 0.273 e. The molecule has 9 heteroatoms. The number of hydrogen-bond donors (Lipinski definition) is 3. The molecule has 0 saturated heterocycles. The predicted molar refractivity (Wildman–Crippen MR) is 112 cm³/mol. The molecule has 2 aromatic carbocycles. The Morgan fingerprint density at radius 1 is 0.833 bits per heavy atom. The molecule has 0 aliphatic carbocycles. The lowest BCUT2D eigenvalue weighted by atomic mass is 10.1. The zero-order valence-corrected chi connectivity index (χ0v) is 17.5. The maximum atomic E-state index is 12.6. The fourth-order valence-corrected chi connectivity index (χ4v) is 3.80. The normalized spacial score (nSPS) is 11.0. The molecule has 0 radical (unpaired) electrons. The highest BCUT2D eigenvalue weighted by Gasteiger charge is 2.16. The molecule has 30 heavy (non-hydrogen) atoms. The number of anilines is 1. The van der Waals surface area contributed by atoms with Gasteiger partial charge in [-0.1, -0.05) is 6.07 Å². The summed E-state index contributed by atoms with van der Waals surface area (Å²) in [6, 6.07) is 12.2. The number of carbonyl (C=O) groups excluding carboxylic acids is 2. The van der Waals surface area contributed by atoms with Crippen LogP contribution >= 0.6 is 0 Å². The standard InChI is InChI=1S/C21H21N3O5S/c1-13-4-9-18(12-14(13)2)30(27,28)24-17-7-5-16(6-8-17)20(25)22-23-21(26)19-10-11-29-15(19)3/h4-12,24H,1-3H3,(H,22,25)(H,23,26). The summed E-state index contributed by atoms with van der Waals surface area (Å²) in [5.41, 5.74) is 7.33. The third kappa shape index (κ3) is 4.69. The molecule has 0 spiro atoms. The monoisotopic (exact) mass is 427 g/mol. The Morgan fingerprint density at radius 2 is 1.50 bits per heavy atom. The van der Waals surface area contributed by atoms with Crippen molar-refractivity contribution < 1.29 is 22.4 Å². The third-order valence-corrected chi connectivity index (χ3v) is 5.96. The SMILES string of the molecule is Cc1ccc(S(=O)(=O)Nc2ccc(C(=O)NNC(=O)c3ccoc3C)cc2)cc1C. The van der Waals surface area contributed by atoms with Gasteiger partial charge in [-0.05, 0) is 74.4 Å². The van der Waals surface area contributed by atoms with Crippen molar-refractivity contribution in [2.24, 2.45) is 0 Å². The summed E-state index contributed by atoms with van der Waals surface area (Å²) in [6.07, 6.45) is 1.38. The Balaban J connectivity index is 1.64. The average Bonchev–Trinajstić information content (AvgIpc) is 3.14. The molecule has 3 N–H and O–H groups in total. The van der Waals surface area contributed by atoms with E-state index in [-0.39, 0.29) is 10.5 Å². The molecule has 1 aromatic heterocycles. The van der Waals surface area contributed by atoms with Crippen molar-refractivity contribution in [3.8, 4) is 0 Å². The number of rotatable bonds is 5. The summed E-state index contributed by atoms with van der Waals surface area (Å²) >= 11 is 0. The Morgan fingerprint density at radius 3 is 2.10 bits per heavy atom. The molecule has 1 heterocycles. The molecule has 8 nitrogen and oxygen atoms in total. The van der Waals surface area contributed by atoms with E-state index in [4.69, 9.17) is 4.42 Å². The van der Waals surface area contributed by atoms with Gasteiger partial charge in [0.05, 0.1) is 16.7 Å². The quantitative estimate of drug-likeness (QED) is 0.541. The topological polar surface area (TPSA) is 118 Å². The number of hydrazine groups is 1. The van der Waals surface area contributed by atoms with Crippen molar-refractivity contribution in [3.63, 3.8) is 0 Å². The number of hydrogen-bond acceptors (Lipinski definition) is 5. The Kier molecular flexibility index (Phi) is 5.93. The van der Waals surface area contributed by atoms with Crippen LogP contribution in [0.5, 0.6) is 0 Å². The molecule has 0 atom stereocenters. The lowest BCUT2D eigenvalue weighted by molar-refractivity contribution is 0.0845. The summed E-state index contributed by atoms with van der Waals surface area (Å²) in [5, 5.41) is 0. The van der Waals surface area contributed by atoms with Crippen LogP contribution in [0.1, 0.15) is 37.6 Å². The van der Waals surface area contributed by atoms with E-state index in [1.54, 1.807) is 19.1 Å². The van der Waals surface area contributed by atoms with Crippen molar-refractivity contribution in [2.75, 3.05) is 4.72 Å². The van der Waals surface area contributed by atoms with E-state index in [1.165, 1.54) is 42.7 Å². The number of benzene rings is 2. The fraction of sp³-hybridized carbons (Fsp3) is 0.143. The van der Waals surface area contributed by atoms with Gasteiger partial charge in [-0.25, -0.2) is 8.42 Å². The minimum absolute atomic E-state index is 0.157. The van der Waals surface area contributed by atoms with Crippen LogP contribution < -0.4 is 15.6 Å². The van der Waals surface area contributed by atoms with Gasteiger partial charge in [0.2, 0.25) is 0 Å². The van der Waals surface area contributed by atoms with Crippen molar-refractivity contribution in [1.29, 1.82) is 0 Å². The van der Waals surface area contributed by atoms with Crippen LogP contribution in [0.15, 0.2) is 64.1 Å². The van der Waals surface area contributed by atoms with Gasteiger partial charge in [-0.15, -0.1) is 0 Å². The first-order chi connectivity index (χ1) is 14.2. The minimum Gasteiger partial charge on any atom is -0.469 e. The molecule has 0 fully saturated rings. The number of sulfonamides is 1. The second-order valence-electron chi connectivity index (χ2n) is 6.73. The van der Waals surface area contributed by atoms with Crippen LogP contribution in [0.25, 0.3) is 0 Å². The van der Waals surface area contributed by atoms with Gasteiger partial charge in [0.25, 0.3) is 21.8 Å². The van der Waals surface area contributed by atoms with Crippen molar-refractivity contribution in [3.05, 3.63) is 82.8 Å². The average molecular weight is 427 g/mol. The number of nitrogens with one attached hydrogen (secondary N) is 3. The van der Waals surface area contributed by atoms with Crippen molar-refractivity contribution >= 4 is 27.5 Å². The van der Waals surface area contributed by atoms with E-state index in [0.717, 1.165) is 11.1 Å². The van der Waals surface area contributed by atoms with E-state index >= 15 is 0 Å². The largest absolute Gasteiger partial charge is 0.469 e. The van der Waals surface area contributed by atoms with Crippen LogP contribution in [-0.4, -0.2) is 20.2 Å². The van der Waals surface area contributed by atoms with Gasteiger partial charge in [-0.2, -0.15) is 0 Å². The van der Waals surface area contributed by atoms with E-state index < -0.39 is 21.8 Å². The lowest BCUT2D eigenvalue weighted by Gasteiger charge is -2.11. The Hall–Kier alpha value is -3.59. The highest BCUT2D eigenvalue weighted by molar-refractivity contribution is 7.92. The van der Waals surface area contributed by atoms with Crippen molar-refractivity contribution in [1.82, 2.24) is 10.9 Å². The fourth-order valence-electron chi connectivity index (χ4n) is 2.66. The number of amides is 2. The molecule has 0 aliphatic rings. The maximum absolute atomic E-state index is 12.6. The summed E-state index contributed by atoms with van der Waals surface area (Å²) in [4.78, 5) is 24.4.